The molecule has 0 unspecified atom stereocenters. The molecule has 1 fully saturated rings. The third-order valence-corrected chi connectivity index (χ3v) is 3.24. The number of rotatable bonds is 3. The third-order valence-electron chi connectivity index (χ3n) is 3.24. The van der Waals surface area contributed by atoms with E-state index < -0.39 is 0 Å². The number of fused-ring (bicyclic) bond motifs is 1. The Balaban J connectivity index is 2.00. The van der Waals surface area contributed by atoms with Gasteiger partial charge >= 0.3 is 0 Å². The molecule has 1 N–H and O–H groups in total. The molecule has 1 heterocycles. The first kappa shape index (κ1) is 11.4. The molecule has 1 aliphatic heterocycles. The Labute approximate surface area is 107 Å². The number of carbonyl (C=O) groups is 1. The number of para-hydroxylation sites is 1. The van der Waals surface area contributed by atoms with Gasteiger partial charge in [-0.05, 0) is 38.8 Å². The monoisotopic (exact) mass is 246 g/mol. The molecular weight excluding hydrogens is 228 g/mol. The van der Waals surface area contributed by atoms with E-state index in [0.717, 1.165) is 17.1 Å². The van der Waals surface area contributed by atoms with Crippen LogP contribution in [0.5, 0.6) is 5.75 Å². The molecule has 1 aromatic rings. The SMILES string of the molecule is CC(C)Oc1cccc2c1NC(=O)CN2C1CC1. The van der Waals surface area contributed by atoms with Gasteiger partial charge < -0.3 is 15.0 Å². The number of benzene rings is 1. The molecule has 1 aromatic carbocycles. The molecule has 3 rings (SSSR count). The lowest BCUT2D eigenvalue weighted by atomic mass is 10.1. The lowest BCUT2D eigenvalue weighted by molar-refractivity contribution is -0.115. The first-order valence-electron chi connectivity index (χ1n) is 6.51. The number of hydrogen-bond acceptors (Lipinski definition) is 3. The number of hydrogen-bond donors (Lipinski definition) is 1. The first-order valence-corrected chi connectivity index (χ1v) is 6.51. The fraction of sp³-hybridized carbons (Fsp3) is 0.500. The Kier molecular flexibility index (Phi) is 2.65. The summed E-state index contributed by atoms with van der Waals surface area (Å²) in [6.45, 7) is 4.44. The Hall–Kier alpha value is -1.71. The molecule has 0 saturated heterocycles. The predicted molar refractivity (Wildman–Crippen MR) is 71.2 cm³/mol. The molecule has 2 aliphatic rings. The first-order chi connectivity index (χ1) is 8.65. The Bertz CT molecular complexity index is 481. The van der Waals surface area contributed by atoms with E-state index in [1.165, 1.54) is 12.8 Å². The standard InChI is InChI=1S/C14H18N2O2/c1-9(2)18-12-5-3-4-11-14(12)15-13(17)8-16(11)10-6-7-10/h3-5,9-10H,6-8H2,1-2H3,(H,15,17). The third kappa shape index (κ3) is 2.03. The van der Waals surface area contributed by atoms with Gasteiger partial charge in [0.2, 0.25) is 5.91 Å². The number of carbonyl (C=O) groups excluding carboxylic acids is 1. The van der Waals surface area contributed by atoms with Gasteiger partial charge in [-0.15, -0.1) is 0 Å². The van der Waals surface area contributed by atoms with Gasteiger partial charge in [0.25, 0.3) is 0 Å². The van der Waals surface area contributed by atoms with Crippen LogP contribution in [0.15, 0.2) is 18.2 Å². The van der Waals surface area contributed by atoms with Gasteiger partial charge in [0, 0.05) is 6.04 Å². The maximum absolute atomic E-state index is 11.8. The highest BCUT2D eigenvalue weighted by atomic mass is 16.5. The van der Waals surface area contributed by atoms with Crippen LogP contribution >= 0.6 is 0 Å². The highest BCUT2D eigenvalue weighted by molar-refractivity contribution is 6.03. The molecule has 4 nitrogen and oxygen atoms in total. The Morgan fingerprint density at radius 3 is 2.83 bits per heavy atom. The van der Waals surface area contributed by atoms with Crippen molar-refractivity contribution < 1.29 is 9.53 Å². The minimum absolute atomic E-state index is 0.0502. The van der Waals surface area contributed by atoms with Crippen molar-refractivity contribution in [3.63, 3.8) is 0 Å². The Morgan fingerprint density at radius 1 is 1.39 bits per heavy atom. The number of amides is 1. The Morgan fingerprint density at radius 2 is 2.17 bits per heavy atom. The molecule has 1 amide bonds. The number of nitrogens with one attached hydrogen (secondary N) is 1. The fourth-order valence-electron chi connectivity index (χ4n) is 2.37. The van der Waals surface area contributed by atoms with Crippen LogP contribution in [0.25, 0.3) is 0 Å². The second-order valence-corrected chi connectivity index (χ2v) is 5.22. The predicted octanol–water partition coefficient (Wildman–Crippen LogP) is 2.39. The van der Waals surface area contributed by atoms with Gasteiger partial charge in [0.15, 0.2) is 0 Å². The highest BCUT2D eigenvalue weighted by Gasteiger charge is 2.35. The van der Waals surface area contributed by atoms with E-state index in [2.05, 4.69) is 16.3 Å². The maximum Gasteiger partial charge on any atom is 0.244 e. The number of ether oxygens (including phenoxy) is 1. The molecule has 0 bridgehead atoms. The van der Waals surface area contributed by atoms with Gasteiger partial charge in [0.05, 0.1) is 18.3 Å². The lowest BCUT2D eigenvalue weighted by Crippen LogP contribution is -2.39. The normalized spacial score (nSPS) is 18.6. The minimum atomic E-state index is 0.0502. The molecular formula is C14H18N2O2. The van der Waals surface area contributed by atoms with Crippen LogP contribution in [0.4, 0.5) is 11.4 Å². The smallest absolute Gasteiger partial charge is 0.244 e. The summed E-state index contributed by atoms with van der Waals surface area (Å²) in [5.41, 5.74) is 1.92. The van der Waals surface area contributed by atoms with Crippen molar-refractivity contribution in [1.29, 1.82) is 0 Å². The second-order valence-electron chi connectivity index (χ2n) is 5.22. The zero-order valence-electron chi connectivity index (χ0n) is 10.8. The van der Waals surface area contributed by atoms with Crippen molar-refractivity contribution in [3.8, 4) is 5.75 Å². The summed E-state index contributed by atoms with van der Waals surface area (Å²) in [7, 11) is 0. The van der Waals surface area contributed by atoms with Gasteiger partial charge in [0.1, 0.15) is 11.4 Å². The van der Waals surface area contributed by atoms with Crippen molar-refractivity contribution >= 4 is 17.3 Å². The molecule has 4 heteroatoms. The lowest BCUT2D eigenvalue weighted by Gasteiger charge is -2.32. The van der Waals surface area contributed by atoms with Gasteiger partial charge in [-0.2, -0.15) is 0 Å². The molecule has 0 radical (unpaired) electrons. The van der Waals surface area contributed by atoms with E-state index in [0.29, 0.717) is 12.6 Å². The summed E-state index contributed by atoms with van der Waals surface area (Å²) >= 11 is 0. The average molecular weight is 246 g/mol. The average Bonchev–Trinajstić information content (AvgIpc) is 3.12. The van der Waals surface area contributed by atoms with E-state index in [9.17, 15) is 4.79 Å². The molecule has 0 aromatic heterocycles. The van der Waals surface area contributed by atoms with Crippen LogP contribution in [0.3, 0.4) is 0 Å². The maximum atomic E-state index is 11.8. The van der Waals surface area contributed by atoms with Crippen LogP contribution < -0.4 is 15.0 Å². The van der Waals surface area contributed by atoms with Crippen molar-refractivity contribution in [2.24, 2.45) is 0 Å². The molecule has 0 spiro atoms. The summed E-state index contributed by atoms with van der Waals surface area (Å²) < 4.78 is 5.77. The summed E-state index contributed by atoms with van der Waals surface area (Å²) in [6.07, 6.45) is 2.47. The molecule has 1 saturated carbocycles. The highest BCUT2D eigenvalue weighted by Crippen LogP contribution is 2.42. The van der Waals surface area contributed by atoms with Crippen LogP contribution in [-0.2, 0) is 4.79 Å². The van der Waals surface area contributed by atoms with Crippen molar-refractivity contribution in [1.82, 2.24) is 0 Å². The van der Waals surface area contributed by atoms with Gasteiger partial charge in [-0.25, -0.2) is 0 Å². The van der Waals surface area contributed by atoms with Crippen LogP contribution in [-0.4, -0.2) is 24.6 Å². The summed E-state index contributed by atoms with van der Waals surface area (Å²) in [5, 5.41) is 2.94. The van der Waals surface area contributed by atoms with E-state index >= 15 is 0 Å². The molecule has 96 valence electrons. The summed E-state index contributed by atoms with van der Waals surface area (Å²) in [6, 6.07) is 6.49. The molecule has 18 heavy (non-hydrogen) atoms. The second kappa shape index (κ2) is 4.19. The number of nitrogens with zero attached hydrogens (tertiary/aromatic N) is 1. The van der Waals surface area contributed by atoms with Crippen LogP contribution in [0, 0.1) is 0 Å². The van der Waals surface area contributed by atoms with E-state index in [4.69, 9.17) is 4.74 Å². The molecule has 0 atom stereocenters. The number of anilines is 2. The van der Waals surface area contributed by atoms with E-state index in [1.807, 2.05) is 26.0 Å². The van der Waals surface area contributed by atoms with Gasteiger partial charge in [-0.3, -0.25) is 4.79 Å². The zero-order valence-corrected chi connectivity index (χ0v) is 10.8. The fourth-order valence-corrected chi connectivity index (χ4v) is 2.37. The van der Waals surface area contributed by atoms with E-state index in [-0.39, 0.29) is 12.0 Å². The zero-order chi connectivity index (χ0) is 12.7. The van der Waals surface area contributed by atoms with Crippen LogP contribution in [0.2, 0.25) is 0 Å². The quantitative estimate of drug-likeness (QED) is 0.890. The van der Waals surface area contributed by atoms with Crippen molar-refractivity contribution in [2.45, 2.75) is 38.8 Å². The topological polar surface area (TPSA) is 41.6 Å². The van der Waals surface area contributed by atoms with E-state index in [1.54, 1.807) is 0 Å². The van der Waals surface area contributed by atoms with Crippen LogP contribution in [0.1, 0.15) is 26.7 Å². The molecule has 1 aliphatic carbocycles. The summed E-state index contributed by atoms with van der Waals surface area (Å²) in [5.74, 6) is 0.815. The largest absolute Gasteiger partial charge is 0.489 e. The minimum Gasteiger partial charge on any atom is -0.489 e. The van der Waals surface area contributed by atoms with Gasteiger partial charge in [-0.1, -0.05) is 6.07 Å². The summed E-state index contributed by atoms with van der Waals surface area (Å²) in [4.78, 5) is 14.0. The van der Waals surface area contributed by atoms with Crippen molar-refractivity contribution in [2.75, 3.05) is 16.8 Å². The van der Waals surface area contributed by atoms with Crippen molar-refractivity contribution in [3.05, 3.63) is 18.2 Å².